The fourth-order valence-electron chi connectivity index (χ4n) is 3.52. The molecule has 24 heavy (non-hydrogen) atoms. The molecule has 2 N–H and O–H groups in total. The van der Waals surface area contributed by atoms with Gasteiger partial charge in [0.1, 0.15) is 0 Å². The van der Waals surface area contributed by atoms with Crippen LogP contribution in [-0.4, -0.2) is 17.3 Å². The van der Waals surface area contributed by atoms with Gasteiger partial charge in [-0.1, -0.05) is 23.7 Å². The Morgan fingerprint density at radius 1 is 1.17 bits per heavy atom. The van der Waals surface area contributed by atoms with Crippen LogP contribution in [0.25, 0.3) is 0 Å². The second-order valence-corrected chi connectivity index (χ2v) is 10.6. The molecular formula is C18H18ClNOS3. The van der Waals surface area contributed by atoms with Gasteiger partial charge in [0.15, 0.2) is 5.78 Å². The van der Waals surface area contributed by atoms with Gasteiger partial charge in [-0.05, 0) is 54.9 Å². The van der Waals surface area contributed by atoms with Crippen molar-refractivity contribution in [3.05, 3.63) is 50.9 Å². The molecule has 2 nitrogen and oxygen atoms in total. The molecule has 0 saturated carbocycles. The minimum Gasteiger partial charge on any atom is -0.390 e. The van der Waals surface area contributed by atoms with Gasteiger partial charge in [-0.25, -0.2) is 0 Å². The summed E-state index contributed by atoms with van der Waals surface area (Å²) in [7, 11) is 0. The lowest BCUT2D eigenvalue weighted by atomic mass is 9.91. The van der Waals surface area contributed by atoms with E-state index >= 15 is 0 Å². The van der Waals surface area contributed by atoms with Crippen LogP contribution in [-0.2, 0) is 10.5 Å². The second kappa shape index (κ2) is 6.60. The van der Waals surface area contributed by atoms with Crippen molar-refractivity contribution < 1.29 is 4.79 Å². The molecule has 0 radical (unpaired) electrons. The lowest BCUT2D eigenvalue weighted by molar-refractivity contribution is 0.103. The zero-order chi connectivity index (χ0) is 16.7. The van der Waals surface area contributed by atoms with E-state index in [0.29, 0.717) is 21.2 Å². The molecule has 0 bridgehead atoms. The number of nitrogens with two attached hydrogens (primary N) is 1. The summed E-state index contributed by atoms with van der Waals surface area (Å²) in [5.74, 6) is 2.36. The molecule has 126 valence electrons. The molecule has 4 rings (SSSR count). The summed E-state index contributed by atoms with van der Waals surface area (Å²) < 4.78 is 0.115. The molecule has 1 aliphatic heterocycles. The maximum absolute atomic E-state index is 13.1. The predicted octanol–water partition coefficient (Wildman–Crippen LogP) is 5.57. The molecule has 2 aromatic rings. The first-order valence-corrected chi connectivity index (χ1v) is 11.3. The Morgan fingerprint density at radius 2 is 1.92 bits per heavy atom. The molecule has 1 saturated heterocycles. The standard InChI is InChI=1S/C18H18ClNOS3/c19-13-7-2-1-5-11(13)15(21)14-12-6-3-8-18(16(12)24-17(14)20)22-9-4-10-23-18/h1-2,5,7H,3-4,6,8-10,20H2. The Kier molecular flexibility index (Phi) is 4.63. The molecule has 2 aliphatic rings. The monoisotopic (exact) mass is 395 g/mol. The van der Waals surface area contributed by atoms with Gasteiger partial charge in [-0.15, -0.1) is 34.9 Å². The van der Waals surface area contributed by atoms with Crippen LogP contribution in [0.2, 0.25) is 5.02 Å². The number of nitrogen functional groups attached to an aromatic ring is 1. The van der Waals surface area contributed by atoms with Gasteiger partial charge in [0.25, 0.3) is 0 Å². The molecule has 1 aromatic heterocycles. The fourth-order valence-corrected chi connectivity index (χ4v) is 8.81. The summed E-state index contributed by atoms with van der Waals surface area (Å²) in [5, 5.41) is 1.15. The van der Waals surface area contributed by atoms with E-state index in [0.717, 1.165) is 12.8 Å². The topological polar surface area (TPSA) is 43.1 Å². The summed E-state index contributed by atoms with van der Waals surface area (Å²) in [6, 6.07) is 7.24. The van der Waals surface area contributed by atoms with Gasteiger partial charge in [0.05, 0.1) is 19.7 Å². The smallest absolute Gasteiger partial charge is 0.197 e. The summed E-state index contributed by atoms with van der Waals surface area (Å²) >= 11 is 12.0. The Balaban J connectivity index is 1.81. The molecule has 1 aromatic carbocycles. The van der Waals surface area contributed by atoms with Crippen LogP contribution in [0.1, 0.15) is 45.6 Å². The highest BCUT2D eigenvalue weighted by atomic mass is 35.5. The SMILES string of the molecule is Nc1sc2c(c1C(=O)c1ccccc1Cl)CCCC21SCCCS1. The van der Waals surface area contributed by atoms with Crippen molar-refractivity contribution in [1.82, 2.24) is 0 Å². The first-order chi connectivity index (χ1) is 11.6. The Labute approximate surface area is 159 Å². The van der Waals surface area contributed by atoms with Crippen molar-refractivity contribution in [3.63, 3.8) is 0 Å². The molecule has 1 fully saturated rings. The van der Waals surface area contributed by atoms with Crippen LogP contribution < -0.4 is 5.73 Å². The summed E-state index contributed by atoms with van der Waals surface area (Å²) in [5.41, 5.74) is 8.77. The third-order valence-corrected chi connectivity index (χ3v) is 9.87. The number of ketones is 1. The summed E-state index contributed by atoms with van der Waals surface area (Å²) in [6.07, 6.45) is 4.50. The number of fused-ring (bicyclic) bond motifs is 2. The number of thiophene rings is 1. The fraction of sp³-hybridized carbons (Fsp3) is 0.389. The van der Waals surface area contributed by atoms with Crippen molar-refractivity contribution in [1.29, 1.82) is 0 Å². The molecule has 0 unspecified atom stereocenters. The van der Waals surface area contributed by atoms with E-state index in [1.165, 1.54) is 34.8 Å². The normalized spacial score (nSPS) is 19.2. The highest BCUT2D eigenvalue weighted by Gasteiger charge is 2.43. The number of rotatable bonds is 2. The third-order valence-electron chi connectivity index (χ3n) is 4.62. The van der Waals surface area contributed by atoms with Crippen LogP contribution in [0, 0.1) is 0 Å². The molecule has 6 heteroatoms. The van der Waals surface area contributed by atoms with E-state index in [2.05, 4.69) is 0 Å². The Hall–Kier alpha value is -0.620. The van der Waals surface area contributed by atoms with E-state index in [-0.39, 0.29) is 9.86 Å². The summed E-state index contributed by atoms with van der Waals surface area (Å²) in [4.78, 5) is 14.5. The van der Waals surface area contributed by atoms with E-state index < -0.39 is 0 Å². The largest absolute Gasteiger partial charge is 0.390 e. The molecule has 0 atom stereocenters. The molecular weight excluding hydrogens is 378 g/mol. The highest BCUT2D eigenvalue weighted by molar-refractivity contribution is 8.18. The number of benzene rings is 1. The molecule has 1 aliphatic carbocycles. The van der Waals surface area contributed by atoms with Gasteiger partial charge in [0.2, 0.25) is 0 Å². The van der Waals surface area contributed by atoms with Crippen LogP contribution in [0.15, 0.2) is 24.3 Å². The number of thioether (sulfide) groups is 2. The van der Waals surface area contributed by atoms with Gasteiger partial charge in [0, 0.05) is 10.4 Å². The van der Waals surface area contributed by atoms with Crippen LogP contribution in [0.3, 0.4) is 0 Å². The first-order valence-electron chi connectivity index (χ1n) is 8.11. The average Bonchev–Trinajstić information content (AvgIpc) is 2.93. The summed E-state index contributed by atoms with van der Waals surface area (Å²) in [6.45, 7) is 0. The lowest BCUT2D eigenvalue weighted by Crippen LogP contribution is -2.26. The number of carbonyl (C=O) groups excluding carboxylic acids is 1. The molecule has 0 amide bonds. The van der Waals surface area contributed by atoms with Crippen molar-refractivity contribution in [2.45, 2.75) is 29.8 Å². The number of halogens is 1. The maximum atomic E-state index is 13.1. The predicted molar refractivity (Wildman–Crippen MR) is 108 cm³/mol. The van der Waals surface area contributed by atoms with Crippen molar-refractivity contribution in [2.24, 2.45) is 0 Å². The number of carbonyl (C=O) groups is 1. The Morgan fingerprint density at radius 3 is 2.67 bits per heavy atom. The van der Waals surface area contributed by atoms with Crippen molar-refractivity contribution >= 4 is 57.2 Å². The van der Waals surface area contributed by atoms with Gasteiger partial charge in [-0.3, -0.25) is 4.79 Å². The van der Waals surface area contributed by atoms with Gasteiger partial charge < -0.3 is 5.73 Å². The first kappa shape index (κ1) is 16.8. The zero-order valence-corrected chi connectivity index (χ0v) is 16.3. The van der Waals surface area contributed by atoms with E-state index in [1.807, 2.05) is 35.7 Å². The van der Waals surface area contributed by atoms with Gasteiger partial charge in [-0.2, -0.15) is 0 Å². The van der Waals surface area contributed by atoms with Crippen LogP contribution >= 0.6 is 46.5 Å². The molecule has 1 spiro atoms. The van der Waals surface area contributed by atoms with Crippen LogP contribution in [0.4, 0.5) is 5.00 Å². The Bertz CT molecular complexity index is 796. The minimum atomic E-state index is -0.0292. The minimum absolute atomic E-state index is 0.0292. The highest BCUT2D eigenvalue weighted by Crippen LogP contribution is 2.59. The van der Waals surface area contributed by atoms with E-state index in [4.69, 9.17) is 17.3 Å². The second-order valence-electron chi connectivity index (χ2n) is 6.11. The van der Waals surface area contributed by atoms with Gasteiger partial charge >= 0.3 is 0 Å². The number of hydrogen-bond acceptors (Lipinski definition) is 5. The van der Waals surface area contributed by atoms with Crippen molar-refractivity contribution in [3.8, 4) is 0 Å². The quantitative estimate of drug-likeness (QED) is 0.674. The molecule has 2 heterocycles. The number of hydrogen-bond donors (Lipinski definition) is 1. The van der Waals surface area contributed by atoms with Crippen LogP contribution in [0.5, 0.6) is 0 Å². The number of anilines is 1. The van der Waals surface area contributed by atoms with E-state index in [1.54, 1.807) is 23.5 Å². The zero-order valence-electron chi connectivity index (χ0n) is 13.1. The van der Waals surface area contributed by atoms with Crippen molar-refractivity contribution in [2.75, 3.05) is 17.2 Å². The van der Waals surface area contributed by atoms with E-state index in [9.17, 15) is 4.79 Å². The maximum Gasteiger partial charge on any atom is 0.197 e. The third kappa shape index (κ3) is 2.70. The average molecular weight is 396 g/mol. The lowest BCUT2D eigenvalue weighted by Gasteiger charge is -2.39.